The molecular formula is C13H20N2O6. The summed E-state index contributed by atoms with van der Waals surface area (Å²) < 4.78 is 4.69. The van der Waals surface area contributed by atoms with E-state index in [1.54, 1.807) is 6.92 Å². The number of nitrogens with one attached hydrogen (secondary N) is 1. The predicted octanol–water partition coefficient (Wildman–Crippen LogP) is -0.478. The summed E-state index contributed by atoms with van der Waals surface area (Å²) in [6, 6.07) is -0.638. The first kappa shape index (κ1) is 16.9. The maximum Gasteiger partial charge on any atom is 0.325 e. The topological polar surface area (TPSA) is 113 Å². The van der Waals surface area contributed by atoms with Gasteiger partial charge in [0.15, 0.2) is 0 Å². The number of carboxylic acid groups (broad SMARTS) is 1. The third-order valence-electron chi connectivity index (χ3n) is 3.14. The highest BCUT2D eigenvalue weighted by atomic mass is 16.5. The molecule has 1 aliphatic rings. The second-order valence-electron chi connectivity index (χ2n) is 4.66. The lowest BCUT2D eigenvalue weighted by atomic mass is 10.2. The molecule has 0 aliphatic carbocycles. The van der Waals surface area contributed by atoms with Gasteiger partial charge >= 0.3 is 11.9 Å². The summed E-state index contributed by atoms with van der Waals surface area (Å²) in [5.74, 6) is -2.35. The van der Waals surface area contributed by atoms with Crippen LogP contribution in [0, 0.1) is 0 Å². The van der Waals surface area contributed by atoms with E-state index in [1.165, 1.54) is 4.90 Å². The summed E-state index contributed by atoms with van der Waals surface area (Å²) in [7, 11) is 0. The molecule has 1 heterocycles. The van der Waals surface area contributed by atoms with Crippen molar-refractivity contribution in [2.24, 2.45) is 0 Å². The zero-order chi connectivity index (χ0) is 15.8. The Labute approximate surface area is 122 Å². The van der Waals surface area contributed by atoms with Crippen molar-refractivity contribution in [3.8, 4) is 0 Å². The summed E-state index contributed by atoms with van der Waals surface area (Å²) in [6.07, 6.45) is 0.799. The Morgan fingerprint density at radius 2 is 2.00 bits per heavy atom. The number of carbonyl (C=O) groups excluding carboxylic acids is 3. The average molecular weight is 300 g/mol. The lowest BCUT2D eigenvalue weighted by Crippen LogP contribution is -2.47. The number of nitrogens with zero attached hydrogens (tertiary/aromatic N) is 1. The molecule has 2 amide bonds. The molecule has 8 nitrogen and oxygen atoms in total. The molecule has 1 atom stereocenters. The van der Waals surface area contributed by atoms with E-state index in [2.05, 4.69) is 5.32 Å². The second kappa shape index (κ2) is 8.23. The van der Waals surface area contributed by atoms with Gasteiger partial charge in [-0.05, 0) is 19.8 Å². The van der Waals surface area contributed by atoms with Gasteiger partial charge in [-0.25, -0.2) is 0 Å². The first-order chi connectivity index (χ1) is 9.95. The first-order valence-electron chi connectivity index (χ1n) is 6.90. The fourth-order valence-electron chi connectivity index (χ4n) is 2.18. The summed E-state index contributed by atoms with van der Waals surface area (Å²) in [4.78, 5) is 46.9. The van der Waals surface area contributed by atoms with E-state index in [-0.39, 0.29) is 31.9 Å². The Hall–Kier alpha value is -2.12. The van der Waals surface area contributed by atoms with Crippen LogP contribution in [0.15, 0.2) is 0 Å². The van der Waals surface area contributed by atoms with Crippen LogP contribution in [0.2, 0.25) is 0 Å². The minimum absolute atomic E-state index is 0.128. The number of carbonyl (C=O) groups is 4. The molecule has 1 aliphatic heterocycles. The Bertz CT molecular complexity index is 423. The van der Waals surface area contributed by atoms with Gasteiger partial charge in [0.1, 0.15) is 12.6 Å². The lowest BCUT2D eigenvalue weighted by molar-refractivity contribution is -0.145. The number of amides is 2. The number of ether oxygens (including phenoxy) is 1. The Balaban J connectivity index is 2.48. The molecule has 0 bridgehead atoms. The molecule has 21 heavy (non-hydrogen) atoms. The smallest absolute Gasteiger partial charge is 0.325 e. The number of rotatable bonds is 7. The minimum Gasteiger partial charge on any atom is -0.481 e. The zero-order valence-electron chi connectivity index (χ0n) is 12.0. The number of esters is 1. The monoisotopic (exact) mass is 300 g/mol. The summed E-state index contributed by atoms with van der Waals surface area (Å²) in [6.45, 7) is 2.09. The third-order valence-corrected chi connectivity index (χ3v) is 3.14. The van der Waals surface area contributed by atoms with Crippen LogP contribution in [-0.2, 0) is 23.9 Å². The van der Waals surface area contributed by atoms with Crippen molar-refractivity contribution in [2.75, 3.05) is 19.7 Å². The Morgan fingerprint density at radius 3 is 2.62 bits per heavy atom. The van der Waals surface area contributed by atoms with Crippen molar-refractivity contribution in [1.82, 2.24) is 10.2 Å². The van der Waals surface area contributed by atoms with Gasteiger partial charge in [0.2, 0.25) is 11.8 Å². The molecule has 0 saturated carbocycles. The van der Waals surface area contributed by atoms with Crippen molar-refractivity contribution in [1.29, 1.82) is 0 Å². The first-order valence-corrected chi connectivity index (χ1v) is 6.90. The van der Waals surface area contributed by atoms with Crippen molar-refractivity contribution >= 4 is 23.8 Å². The standard InChI is InChI=1S/C13H20N2O6/c1-2-21-12(19)8-14-13(20)9-4-3-7-15(9)10(16)5-6-11(17)18/h9H,2-8H2,1H3,(H,14,20)(H,17,18)/t9-/m1/s1. The molecule has 0 spiro atoms. The molecule has 0 aromatic heterocycles. The van der Waals surface area contributed by atoms with Gasteiger partial charge in [0.25, 0.3) is 0 Å². The van der Waals surface area contributed by atoms with Crippen molar-refractivity contribution in [3.05, 3.63) is 0 Å². The maximum absolute atomic E-state index is 12.0. The molecule has 0 aromatic rings. The zero-order valence-corrected chi connectivity index (χ0v) is 12.0. The average Bonchev–Trinajstić information content (AvgIpc) is 2.92. The molecule has 118 valence electrons. The lowest BCUT2D eigenvalue weighted by Gasteiger charge is -2.23. The van der Waals surface area contributed by atoms with E-state index in [0.717, 1.165) is 0 Å². The van der Waals surface area contributed by atoms with Crippen LogP contribution in [0.4, 0.5) is 0 Å². The maximum atomic E-state index is 12.0. The normalized spacial score (nSPS) is 17.4. The van der Waals surface area contributed by atoms with Gasteiger partial charge in [-0.1, -0.05) is 0 Å². The van der Waals surface area contributed by atoms with E-state index in [1.807, 2.05) is 0 Å². The number of carboxylic acids is 1. The molecule has 0 aromatic carbocycles. The van der Waals surface area contributed by atoms with Crippen LogP contribution in [0.3, 0.4) is 0 Å². The van der Waals surface area contributed by atoms with Gasteiger partial charge in [0.05, 0.1) is 13.0 Å². The molecular weight excluding hydrogens is 280 g/mol. The summed E-state index contributed by atoms with van der Waals surface area (Å²) in [5, 5.41) is 11.0. The quantitative estimate of drug-likeness (QED) is 0.614. The third kappa shape index (κ3) is 5.41. The second-order valence-corrected chi connectivity index (χ2v) is 4.66. The molecule has 0 radical (unpaired) electrons. The molecule has 1 rings (SSSR count). The highest BCUT2D eigenvalue weighted by Crippen LogP contribution is 2.18. The van der Waals surface area contributed by atoms with Gasteiger partial charge in [0, 0.05) is 13.0 Å². The van der Waals surface area contributed by atoms with E-state index in [9.17, 15) is 19.2 Å². The predicted molar refractivity (Wildman–Crippen MR) is 71.2 cm³/mol. The van der Waals surface area contributed by atoms with Crippen molar-refractivity contribution < 1.29 is 29.0 Å². The Kier molecular flexibility index (Phi) is 6.64. The number of hydrogen-bond acceptors (Lipinski definition) is 5. The number of aliphatic carboxylic acids is 1. The van der Waals surface area contributed by atoms with Crippen LogP contribution in [0.25, 0.3) is 0 Å². The SMILES string of the molecule is CCOC(=O)CNC(=O)[C@H]1CCCN1C(=O)CCC(=O)O. The van der Waals surface area contributed by atoms with Gasteiger partial charge in [-0.3, -0.25) is 19.2 Å². The molecule has 1 saturated heterocycles. The number of hydrogen-bond donors (Lipinski definition) is 2. The van der Waals surface area contributed by atoms with E-state index < -0.39 is 23.9 Å². The van der Waals surface area contributed by atoms with Crippen LogP contribution in [-0.4, -0.2) is 59.5 Å². The van der Waals surface area contributed by atoms with Gasteiger partial charge in [-0.2, -0.15) is 0 Å². The number of likely N-dealkylation sites (tertiary alicyclic amines) is 1. The highest BCUT2D eigenvalue weighted by Gasteiger charge is 2.33. The van der Waals surface area contributed by atoms with E-state index in [4.69, 9.17) is 9.84 Å². The van der Waals surface area contributed by atoms with E-state index in [0.29, 0.717) is 19.4 Å². The van der Waals surface area contributed by atoms with E-state index >= 15 is 0 Å². The van der Waals surface area contributed by atoms with Gasteiger partial charge < -0.3 is 20.1 Å². The minimum atomic E-state index is -1.05. The Morgan fingerprint density at radius 1 is 1.29 bits per heavy atom. The van der Waals surface area contributed by atoms with Crippen LogP contribution >= 0.6 is 0 Å². The van der Waals surface area contributed by atoms with Gasteiger partial charge in [-0.15, -0.1) is 0 Å². The summed E-state index contributed by atoms with van der Waals surface area (Å²) >= 11 is 0. The van der Waals surface area contributed by atoms with Crippen molar-refractivity contribution in [3.63, 3.8) is 0 Å². The van der Waals surface area contributed by atoms with Crippen LogP contribution < -0.4 is 5.32 Å². The molecule has 0 unspecified atom stereocenters. The van der Waals surface area contributed by atoms with Crippen molar-refractivity contribution in [2.45, 2.75) is 38.6 Å². The molecule has 1 fully saturated rings. The molecule has 8 heteroatoms. The van der Waals surface area contributed by atoms with Crippen LogP contribution in [0.1, 0.15) is 32.6 Å². The fraction of sp³-hybridized carbons (Fsp3) is 0.692. The fourth-order valence-corrected chi connectivity index (χ4v) is 2.18. The largest absolute Gasteiger partial charge is 0.481 e. The summed E-state index contributed by atoms with van der Waals surface area (Å²) in [5.41, 5.74) is 0. The highest BCUT2D eigenvalue weighted by molar-refractivity contribution is 5.90. The van der Waals surface area contributed by atoms with Crippen LogP contribution in [0.5, 0.6) is 0 Å². The molecule has 2 N–H and O–H groups in total.